The monoisotopic (exact) mass is 224 g/mol. The third-order valence-electron chi connectivity index (χ3n) is 1.89. The number of aromatic nitrogens is 4. The fraction of sp³-hybridized carbons (Fsp3) is 0.250. The fourth-order valence-electron chi connectivity index (χ4n) is 1.23. The lowest BCUT2D eigenvalue weighted by atomic mass is 10.3. The van der Waals surface area contributed by atoms with Gasteiger partial charge in [0.15, 0.2) is 11.5 Å². The second-order valence-corrected chi connectivity index (χ2v) is 3.59. The van der Waals surface area contributed by atoms with Crippen LogP contribution in [0, 0.1) is 0 Å². The van der Waals surface area contributed by atoms with E-state index in [2.05, 4.69) is 15.1 Å². The van der Waals surface area contributed by atoms with Crippen LogP contribution in [-0.4, -0.2) is 30.8 Å². The minimum atomic E-state index is -1.04. The Morgan fingerprint density at radius 3 is 3.07 bits per heavy atom. The van der Waals surface area contributed by atoms with Crippen molar-refractivity contribution >= 4 is 17.3 Å². The van der Waals surface area contributed by atoms with E-state index in [9.17, 15) is 4.79 Å². The van der Waals surface area contributed by atoms with Gasteiger partial charge in [0, 0.05) is 6.54 Å². The molecule has 2 aromatic heterocycles. The van der Waals surface area contributed by atoms with Crippen LogP contribution in [-0.2, 0) is 6.54 Å². The summed E-state index contributed by atoms with van der Waals surface area (Å²) >= 11 is 1.25. The SMILES string of the molecule is CCn1ncnc1-c1scnc1C(=O)O. The number of carbonyl (C=O) groups is 1. The van der Waals surface area contributed by atoms with Crippen LogP contribution in [0.1, 0.15) is 17.4 Å². The molecule has 1 N–H and O–H groups in total. The lowest BCUT2D eigenvalue weighted by molar-refractivity contribution is 0.0692. The molecule has 7 heteroatoms. The van der Waals surface area contributed by atoms with Gasteiger partial charge in [0.2, 0.25) is 0 Å². The van der Waals surface area contributed by atoms with E-state index >= 15 is 0 Å². The first-order valence-corrected chi connectivity index (χ1v) is 5.17. The van der Waals surface area contributed by atoms with Gasteiger partial charge in [-0.25, -0.2) is 19.4 Å². The van der Waals surface area contributed by atoms with Gasteiger partial charge in [0.1, 0.15) is 11.2 Å². The predicted molar refractivity (Wildman–Crippen MR) is 53.8 cm³/mol. The molecule has 0 atom stereocenters. The van der Waals surface area contributed by atoms with Crippen molar-refractivity contribution in [2.75, 3.05) is 0 Å². The van der Waals surface area contributed by atoms with Crippen LogP contribution in [0.2, 0.25) is 0 Å². The zero-order valence-electron chi connectivity index (χ0n) is 7.91. The third-order valence-corrected chi connectivity index (χ3v) is 2.71. The molecule has 0 spiro atoms. The molecule has 0 saturated heterocycles. The molecule has 0 aromatic carbocycles. The van der Waals surface area contributed by atoms with E-state index in [-0.39, 0.29) is 5.69 Å². The van der Waals surface area contributed by atoms with Crippen molar-refractivity contribution in [2.45, 2.75) is 13.5 Å². The molecule has 0 amide bonds. The molecule has 0 unspecified atom stereocenters. The molecule has 0 aliphatic rings. The van der Waals surface area contributed by atoms with Crippen LogP contribution in [0.25, 0.3) is 10.7 Å². The molecule has 0 aliphatic heterocycles. The van der Waals surface area contributed by atoms with Crippen molar-refractivity contribution in [2.24, 2.45) is 0 Å². The summed E-state index contributed by atoms with van der Waals surface area (Å²) in [6.07, 6.45) is 1.41. The van der Waals surface area contributed by atoms with Gasteiger partial charge < -0.3 is 5.11 Å². The molecule has 15 heavy (non-hydrogen) atoms. The first kappa shape index (κ1) is 9.78. The Bertz CT molecular complexity index is 490. The van der Waals surface area contributed by atoms with Gasteiger partial charge in [-0.1, -0.05) is 0 Å². The molecule has 2 rings (SSSR count). The van der Waals surface area contributed by atoms with E-state index in [4.69, 9.17) is 5.11 Å². The average molecular weight is 224 g/mol. The van der Waals surface area contributed by atoms with Gasteiger partial charge in [-0.2, -0.15) is 5.10 Å². The normalized spacial score (nSPS) is 10.5. The van der Waals surface area contributed by atoms with Gasteiger partial charge in [-0.05, 0) is 6.92 Å². The van der Waals surface area contributed by atoms with Gasteiger partial charge in [-0.3, -0.25) is 0 Å². The molecule has 0 radical (unpaired) electrons. The van der Waals surface area contributed by atoms with Crippen LogP contribution >= 0.6 is 11.3 Å². The maximum Gasteiger partial charge on any atom is 0.356 e. The Balaban J connectivity index is 2.54. The van der Waals surface area contributed by atoms with Crippen LogP contribution in [0.4, 0.5) is 0 Å². The molecule has 0 fully saturated rings. The second-order valence-electron chi connectivity index (χ2n) is 2.73. The van der Waals surface area contributed by atoms with E-state index in [0.717, 1.165) is 0 Å². The molecule has 78 valence electrons. The molecular formula is C8H8N4O2S. The first-order valence-electron chi connectivity index (χ1n) is 4.29. The summed E-state index contributed by atoms with van der Waals surface area (Å²) in [5.74, 6) is -0.491. The Kier molecular flexibility index (Phi) is 2.46. The lowest BCUT2D eigenvalue weighted by Gasteiger charge is -2.00. The van der Waals surface area contributed by atoms with E-state index < -0.39 is 5.97 Å². The van der Waals surface area contributed by atoms with Gasteiger partial charge >= 0.3 is 5.97 Å². The minimum absolute atomic E-state index is 0.0303. The van der Waals surface area contributed by atoms with Crippen molar-refractivity contribution in [3.05, 3.63) is 17.5 Å². The standard InChI is InChI=1S/C8H8N4O2S/c1-2-12-7(9-3-11-12)6-5(8(13)14)10-4-15-6/h3-4H,2H2,1H3,(H,13,14). The number of aryl methyl sites for hydroxylation is 1. The zero-order valence-corrected chi connectivity index (χ0v) is 8.73. The summed E-state index contributed by atoms with van der Waals surface area (Å²) in [7, 11) is 0. The zero-order chi connectivity index (χ0) is 10.8. The topological polar surface area (TPSA) is 80.9 Å². The van der Waals surface area contributed by atoms with Crippen LogP contribution in [0.5, 0.6) is 0 Å². The number of nitrogens with zero attached hydrogens (tertiary/aromatic N) is 4. The first-order chi connectivity index (χ1) is 7.24. The Morgan fingerprint density at radius 1 is 1.60 bits per heavy atom. The van der Waals surface area contributed by atoms with Crippen LogP contribution < -0.4 is 0 Å². The van der Waals surface area contributed by atoms with E-state index in [1.807, 2.05) is 6.92 Å². The number of hydrogen-bond acceptors (Lipinski definition) is 5. The van der Waals surface area contributed by atoms with Crippen molar-refractivity contribution < 1.29 is 9.90 Å². The number of carboxylic acids is 1. The van der Waals surface area contributed by atoms with Gasteiger partial charge in [0.05, 0.1) is 5.51 Å². The predicted octanol–water partition coefficient (Wildman–Crippen LogP) is 1.12. The number of aromatic carboxylic acids is 1. The molecular weight excluding hydrogens is 216 g/mol. The van der Waals surface area contributed by atoms with Crippen molar-refractivity contribution in [1.82, 2.24) is 19.7 Å². The molecule has 0 aliphatic carbocycles. The number of rotatable bonds is 3. The molecule has 0 saturated carbocycles. The average Bonchev–Trinajstić information content (AvgIpc) is 2.85. The minimum Gasteiger partial charge on any atom is -0.476 e. The highest BCUT2D eigenvalue weighted by Crippen LogP contribution is 2.25. The number of hydrogen-bond donors (Lipinski definition) is 1. The lowest BCUT2D eigenvalue weighted by Crippen LogP contribution is -2.03. The molecule has 6 nitrogen and oxygen atoms in total. The van der Waals surface area contributed by atoms with E-state index in [1.54, 1.807) is 4.68 Å². The van der Waals surface area contributed by atoms with Crippen LogP contribution in [0.3, 0.4) is 0 Å². The molecule has 2 aromatic rings. The summed E-state index contributed by atoms with van der Waals surface area (Å²) in [5.41, 5.74) is 1.52. The van der Waals surface area contributed by atoms with E-state index in [1.165, 1.54) is 23.2 Å². The summed E-state index contributed by atoms with van der Waals surface area (Å²) < 4.78 is 1.64. The fourth-order valence-corrected chi connectivity index (χ4v) is 2.01. The summed E-state index contributed by atoms with van der Waals surface area (Å²) in [6.45, 7) is 2.56. The van der Waals surface area contributed by atoms with Gasteiger partial charge in [0.25, 0.3) is 0 Å². The maximum absolute atomic E-state index is 10.9. The highest BCUT2D eigenvalue weighted by molar-refractivity contribution is 7.13. The summed E-state index contributed by atoms with van der Waals surface area (Å²) in [4.78, 5) is 19.2. The Hall–Kier alpha value is -1.76. The van der Waals surface area contributed by atoms with Crippen molar-refractivity contribution in [3.63, 3.8) is 0 Å². The second kappa shape index (κ2) is 3.77. The quantitative estimate of drug-likeness (QED) is 0.844. The largest absolute Gasteiger partial charge is 0.476 e. The number of thiazole rings is 1. The van der Waals surface area contributed by atoms with Crippen molar-refractivity contribution in [1.29, 1.82) is 0 Å². The summed E-state index contributed by atoms with van der Waals surface area (Å²) in [5, 5.41) is 12.9. The maximum atomic E-state index is 10.9. The number of carboxylic acid groups (broad SMARTS) is 1. The summed E-state index contributed by atoms with van der Waals surface area (Å²) in [6, 6.07) is 0. The van der Waals surface area contributed by atoms with E-state index in [0.29, 0.717) is 17.2 Å². The smallest absolute Gasteiger partial charge is 0.356 e. The third kappa shape index (κ3) is 1.61. The highest BCUT2D eigenvalue weighted by Gasteiger charge is 2.18. The van der Waals surface area contributed by atoms with Crippen molar-refractivity contribution in [3.8, 4) is 10.7 Å². The Morgan fingerprint density at radius 2 is 2.40 bits per heavy atom. The molecule has 0 bridgehead atoms. The molecule has 2 heterocycles. The highest BCUT2D eigenvalue weighted by atomic mass is 32.1. The van der Waals surface area contributed by atoms with Crippen LogP contribution in [0.15, 0.2) is 11.8 Å². The Labute approximate surface area is 89.2 Å². The van der Waals surface area contributed by atoms with Gasteiger partial charge in [-0.15, -0.1) is 11.3 Å².